The number of fused-ring (bicyclic) bond motifs is 2. The van der Waals surface area contributed by atoms with Crippen molar-refractivity contribution in [1.29, 1.82) is 0 Å². The van der Waals surface area contributed by atoms with Crippen molar-refractivity contribution in [2.24, 2.45) is 17.8 Å². The second-order valence-electron chi connectivity index (χ2n) is 6.37. The Balaban J connectivity index is 1.44. The molecular formula is C18H21N3. The van der Waals surface area contributed by atoms with Crippen molar-refractivity contribution >= 4 is 5.69 Å². The summed E-state index contributed by atoms with van der Waals surface area (Å²) in [6, 6.07) is 11.0. The van der Waals surface area contributed by atoms with Gasteiger partial charge in [0, 0.05) is 24.1 Å². The number of benzene rings is 1. The van der Waals surface area contributed by atoms with Crippen LogP contribution in [0.3, 0.4) is 0 Å². The van der Waals surface area contributed by atoms with Crippen molar-refractivity contribution in [3.05, 3.63) is 54.9 Å². The van der Waals surface area contributed by atoms with E-state index in [0.29, 0.717) is 6.04 Å². The van der Waals surface area contributed by atoms with Gasteiger partial charge in [0.2, 0.25) is 0 Å². The highest BCUT2D eigenvalue weighted by molar-refractivity contribution is 5.49. The van der Waals surface area contributed by atoms with E-state index in [2.05, 4.69) is 53.8 Å². The molecule has 1 N–H and O–H groups in total. The van der Waals surface area contributed by atoms with Crippen LogP contribution in [0.15, 0.2) is 54.9 Å². The number of allylic oxidation sites excluding steroid dienone is 2. The van der Waals surface area contributed by atoms with Crippen LogP contribution in [0.2, 0.25) is 0 Å². The van der Waals surface area contributed by atoms with E-state index in [9.17, 15) is 0 Å². The quantitative estimate of drug-likeness (QED) is 0.861. The maximum absolute atomic E-state index is 4.25. The van der Waals surface area contributed by atoms with Crippen molar-refractivity contribution < 1.29 is 0 Å². The summed E-state index contributed by atoms with van der Waals surface area (Å²) in [5.41, 5.74) is 2.30. The molecule has 2 bridgehead atoms. The van der Waals surface area contributed by atoms with Gasteiger partial charge < -0.3 is 5.32 Å². The van der Waals surface area contributed by atoms with Crippen LogP contribution in [0.4, 0.5) is 5.69 Å². The normalized spacial score (nSPS) is 28.0. The molecule has 108 valence electrons. The van der Waals surface area contributed by atoms with Gasteiger partial charge in [0.1, 0.15) is 0 Å². The Morgan fingerprint density at radius 2 is 2.05 bits per heavy atom. The summed E-state index contributed by atoms with van der Waals surface area (Å²) < 4.78 is 1.88. The summed E-state index contributed by atoms with van der Waals surface area (Å²) in [6.07, 6.45) is 11.3. The Hall–Kier alpha value is -2.03. The maximum atomic E-state index is 4.25. The van der Waals surface area contributed by atoms with E-state index in [1.54, 1.807) is 6.20 Å². The zero-order chi connectivity index (χ0) is 14.2. The first-order valence-electron chi connectivity index (χ1n) is 7.84. The molecule has 1 aromatic carbocycles. The minimum Gasteiger partial charge on any atom is -0.382 e. The predicted molar refractivity (Wildman–Crippen MR) is 85.5 cm³/mol. The van der Waals surface area contributed by atoms with Gasteiger partial charge in [-0.3, -0.25) is 0 Å². The third-order valence-electron chi connectivity index (χ3n) is 5.00. The van der Waals surface area contributed by atoms with Crippen molar-refractivity contribution in [2.45, 2.75) is 25.8 Å². The molecule has 0 spiro atoms. The zero-order valence-corrected chi connectivity index (χ0v) is 12.3. The molecule has 4 unspecified atom stereocenters. The molecule has 2 aliphatic rings. The largest absolute Gasteiger partial charge is 0.382 e. The lowest BCUT2D eigenvalue weighted by molar-refractivity contribution is 0.400. The van der Waals surface area contributed by atoms with Gasteiger partial charge in [0.15, 0.2) is 0 Å². The molecule has 21 heavy (non-hydrogen) atoms. The lowest BCUT2D eigenvalue weighted by atomic mass is 9.87. The SMILES string of the molecule is CC(Nc1ccc(-n2cccn2)cc1)C1CC2C=CC1C2. The van der Waals surface area contributed by atoms with Crippen LogP contribution in [0.25, 0.3) is 5.69 Å². The second kappa shape index (κ2) is 5.06. The predicted octanol–water partition coefficient (Wildman–Crippen LogP) is 3.88. The van der Waals surface area contributed by atoms with Crippen molar-refractivity contribution in [3.8, 4) is 5.69 Å². The van der Waals surface area contributed by atoms with Crippen LogP contribution in [0.5, 0.6) is 0 Å². The Labute approximate surface area is 125 Å². The summed E-state index contributed by atoms with van der Waals surface area (Å²) in [5.74, 6) is 2.41. The number of rotatable bonds is 4. The molecule has 1 heterocycles. The summed E-state index contributed by atoms with van der Waals surface area (Å²) in [4.78, 5) is 0. The van der Waals surface area contributed by atoms with Crippen molar-refractivity contribution in [1.82, 2.24) is 9.78 Å². The molecule has 3 nitrogen and oxygen atoms in total. The monoisotopic (exact) mass is 279 g/mol. The molecule has 1 saturated carbocycles. The molecule has 0 saturated heterocycles. The van der Waals surface area contributed by atoms with E-state index in [0.717, 1.165) is 23.4 Å². The first-order chi connectivity index (χ1) is 10.3. The van der Waals surface area contributed by atoms with E-state index >= 15 is 0 Å². The fourth-order valence-electron chi connectivity index (χ4n) is 3.90. The van der Waals surface area contributed by atoms with E-state index in [1.807, 2.05) is 16.9 Å². The Morgan fingerprint density at radius 1 is 1.19 bits per heavy atom. The highest BCUT2D eigenvalue weighted by Gasteiger charge is 2.38. The highest BCUT2D eigenvalue weighted by Crippen LogP contribution is 2.45. The molecule has 2 aromatic rings. The third kappa shape index (κ3) is 2.37. The minimum atomic E-state index is 0.528. The topological polar surface area (TPSA) is 29.9 Å². The fraction of sp³-hybridized carbons (Fsp3) is 0.389. The molecule has 4 rings (SSSR count). The van der Waals surface area contributed by atoms with Gasteiger partial charge >= 0.3 is 0 Å². The fourth-order valence-corrected chi connectivity index (χ4v) is 3.90. The minimum absolute atomic E-state index is 0.528. The average molecular weight is 279 g/mol. The van der Waals surface area contributed by atoms with Gasteiger partial charge in [-0.25, -0.2) is 4.68 Å². The number of anilines is 1. The van der Waals surface area contributed by atoms with Gasteiger partial charge in [-0.1, -0.05) is 12.2 Å². The lowest BCUT2D eigenvalue weighted by Gasteiger charge is -2.27. The number of hydrogen-bond donors (Lipinski definition) is 1. The van der Waals surface area contributed by atoms with E-state index in [1.165, 1.54) is 18.5 Å². The molecule has 4 atom stereocenters. The van der Waals surface area contributed by atoms with Gasteiger partial charge in [-0.2, -0.15) is 5.10 Å². The number of nitrogens with zero attached hydrogens (tertiary/aromatic N) is 2. The Morgan fingerprint density at radius 3 is 2.67 bits per heavy atom. The smallest absolute Gasteiger partial charge is 0.0647 e. The summed E-state index contributed by atoms with van der Waals surface area (Å²) in [6.45, 7) is 2.32. The van der Waals surface area contributed by atoms with Gasteiger partial charge in [0.05, 0.1) is 5.69 Å². The van der Waals surface area contributed by atoms with Crippen LogP contribution in [-0.4, -0.2) is 15.8 Å². The number of aromatic nitrogens is 2. The van der Waals surface area contributed by atoms with Gasteiger partial charge in [-0.15, -0.1) is 0 Å². The van der Waals surface area contributed by atoms with Gasteiger partial charge in [-0.05, 0) is 67.9 Å². The number of nitrogens with one attached hydrogen (secondary N) is 1. The van der Waals surface area contributed by atoms with Crippen LogP contribution < -0.4 is 5.32 Å². The number of hydrogen-bond acceptors (Lipinski definition) is 2. The van der Waals surface area contributed by atoms with Crippen LogP contribution >= 0.6 is 0 Å². The van der Waals surface area contributed by atoms with E-state index in [-0.39, 0.29) is 0 Å². The van der Waals surface area contributed by atoms with Crippen molar-refractivity contribution in [2.75, 3.05) is 5.32 Å². The third-order valence-corrected chi connectivity index (χ3v) is 5.00. The van der Waals surface area contributed by atoms with Crippen LogP contribution in [0, 0.1) is 17.8 Å². The molecule has 0 aliphatic heterocycles. The van der Waals surface area contributed by atoms with Crippen LogP contribution in [0.1, 0.15) is 19.8 Å². The lowest BCUT2D eigenvalue weighted by Crippen LogP contribution is -2.28. The average Bonchev–Trinajstić information content (AvgIpc) is 3.25. The first-order valence-corrected chi connectivity index (χ1v) is 7.84. The Bertz CT molecular complexity index is 627. The molecule has 0 amide bonds. The standard InChI is InChI=1S/C18H21N3/c1-13(18-12-14-3-4-15(18)11-14)20-16-5-7-17(8-6-16)21-10-2-9-19-21/h2-10,13-15,18,20H,11-12H2,1H3. The molecule has 1 aromatic heterocycles. The molecule has 2 aliphatic carbocycles. The zero-order valence-electron chi connectivity index (χ0n) is 12.3. The van der Waals surface area contributed by atoms with Crippen molar-refractivity contribution in [3.63, 3.8) is 0 Å². The van der Waals surface area contributed by atoms with Gasteiger partial charge in [0.25, 0.3) is 0 Å². The van der Waals surface area contributed by atoms with Crippen LogP contribution in [-0.2, 0) is 0 Å². The molecule has 3 heteroatoms. The van der Waals surface area contributed by atoms with E-state index in [4.69, 9.17) is 0 Å². The molecular weight excluding hydrogens is 258 g/mol. The molecule has 1 fully saturated rings. The highest BCUT2D eigenvalue weighted by atomic mass is 15.3. The Kier molecular flexibility index (Phi) is 3.06. The summed E-state index contributed by atoms with van der Waals surface area (Å²) in [5, 5.41) is 7.93. The first kappa shape index (κ1) is 12.7. The van der Waals surface area contributed by atoms with E-state index < -0.39 is 0 Å². The molecule has 0 radical (unpaired) electrons. The summed E-state index contributed by atoms with van der Waals surface area (Å²) in [7, 11) is 0. The second-order valence-corrected chi connectivity index (χ2v) is 6.37. The summed E-state index contributed by atoms with van der Waals surface area (Å²) >= 11 is 0. The maximum Gasteiger partial charge on any atom is 0.0647 e.